The lowest BCUT2D eigenvalue weighted by atomic mass is 10.1. The van der Waals surface area contributed by atoms with E-state index in [2.05, 4.69) is 26.6 Å². The van der Waals surface area contributed by atoms with Crippen LogP contribution in [0, 0.1) is 0 Å². The van der Waals surface area contributed by atoms with Gasteiger partial charge in [-0.3, -0.25) is 9.59 Å². The monoisotopic (exact) mass is 434 g/mol. The average molecular weight is 435 g/mol. The van der Waals surface area contributed by atoms with Crippen molar-refractivity contribution in [1.82, 2.24) is 5.32 Å². The molecular weight excluding hydrogens is 412 g/mol. The number of hydrogen-bond donors (Lipinski definition) is 2. The van der Waals surface area contributed by atoms with E-state index >= 15 is 0 Å². The Balaban J connectivity index is 1.97. The SMILES string of the molecule is COc1ccc(CCNC(=O)c2ccccc2NC(=O)CCBr)cc1OC. The molecule has 0 aliphatic heterocycles. The molecule has 2 rings (SSSR count). The van der Waals surface area contributed by atoms with Crippen LogP contribution >= 0.6 is 15.9 Å². The second kappa shape index (κ2) is 10.6. The summed E-state index contributed by atoms with van der Waals surface area (Å²) < 4.78 is 10.5. The van der Waals surface area contributed by atoms with E-state index in [4.69, 9.17) is 9.47 Å². The molecule has 0 aliphatic carbocycles. The summed E-state index contributed by atoms with van der Waals surface area (Å²) in [6.45, 7) is 0.456. The Morgan fingerprint density at radius 1 is 1.04 bits per heavy atom. The highest BCUT2D eigenvalue weighted by molar-refractivity contribution is 9.09. The quantitative estimate of drug-likeness (QED) is 0.592. The lowest BCUT2D eigenvalue weighted by molar-refractivity contribution is -0.115. The van der Waals surface area contributed by atoms with Crippen LogP contribution in [0.25, 0.3) is 0 Å². The van der Waals surface area contributed by atoms with Crippen LogP contribution < -0.4 is 20.1 Å². The highest BCUT2D eigenvalue weighted by atomic mass is 79.9. The van der Waals surface area contributed by atoms with Crippen molar-refractivity contribution in [2.45, 2.75) is 12.8 Å². The summed E-state index contributed by atoms with van der Waals surface area (Å²) in [6.07, 6.45) is 0.986. The predicted octanol–water partition coefficient (Wildman–Crippen LogP) is 3.40. The molecule has 2 aromatic rings. The number of methoxy groups -OCH3 is 2. The molecule has 0 spiro atoms. The number of ether oxygens (including phenoxy) is 2. The fourth-order valence-corrected chi connectivity index (χ4v) is 2.90. The lowest BCUT2D eigenvalue weighted by Gasteiger charge is -2.12. The molecule has 0 fully saturated rings. The van der Waals surface area contributed by atoms with Gasteiger partial charge in [0, 0.05) is 18.3 Å². The zero-order valence-electron chi connectivity index (χ0n) is 15.4. The van der Waals surface area contributed by atoms with Crippen molar-refractivity contribution < 1.29 is 19.1 Å². The first kappa shape index (κ1) is 20.8. The fourth-order valence-electron chi connectivity index (χ4n) is 2.54. The predicted molar refractivity (Wildman–Crippen MR) is 109 cm³/mol. The first-order valence-electron chi connectivity index (χ1n) is 8.53. The average Bonchev–Trinajstić information content (AvgIpc) is 2.68. The van der Waals surface area contributed by atoms with Gasteiger partial charge < -0.3 is 20.1 Å². The molecule has 0 unspecified atom stereocenters. The summed E-state index contributed by atoms with van der Waals surface area (Å²) in [4.78, 5) is 24.3. The molecule has 0 bridgehead atoms. The van der Waals surface area contributed by atoms with Gasteiger partial charge in [0.1, 0.15) is 0 Å². The zero-order chi connectivity index (χ0) is 19.6. The molecule has 0 aromatic heterocycles. The summed E-state index contributed by atoms with van der Waals surface area (Å²) in [5.41, 5.74) is 1.96. The van der Waals surface area contributed by atoms with E-state index in [0.717, 1.165) is 5.56 Å². The summed E-state index contributed by atoms with van der Waals surface area (Å²) in [6, 6.07) is 12.6. The minimum absolute atomic E-state index is 0.141. The van der Waals surface area contributed by atoms with E-state index in [9.17, 15) is 9.59 Å². The van der Waals surface area contributed by atoms with Gasteiger partial charge in [0.25, 0.3) is 5.91 Å². The molecule has 0 radical (unpaired) electrons. The topological polar surface area (TPSA) is 76.7 Å². The van der Waals surface area contributed by atoms with Crippen molar-refractivity contribution in [3.63, 3.8) is 0 Å². The first-order chi connectivity index (χ1) is 13.1. The van der Waals surface area contributed by atoms with Gasteiger partial charge in [0.2, 0.25) is 5.91 Å². The fraction of sp³-hybridized carbons (Fsp3) is 0.300. The number of alkyl halides is 1. The van der Waals surface area contributed by atoms with Crippen molar-refractivity contribution in [1.29, 1.82) is 0 Å². The van der Waals surface area contributed by atoms with Gasteiger partial charge in [-0.15, -0.1) is 0 Å². The molecule has 144 valence electrons. The van der Waals surface area contributed by atoms with Gasteiger partial charge in [0.15, 0.2) is 11.5 Å². The number of carbonyl (C=O) groups is 2. The Morgan fingerprint density at radius 3 is 2.48 bits per heavy atom. The van der Waals surface area contributed by atoms with E-state index < -0.39 is 0 Å². The molecule has 0 saturated carbocycles. The van der Waals surface area contributed by atoms with Crippen LogP contribution in [0.5, 0.6) is 11.5 Å². The van der Waals surface area contributed by atoms with E-state index in [-0.39, 0.29) is 11.8 Å². The molecule has 2 N–H and O–H groups in total. The molecule has 0 heterocycles. The molecule has 7 heteroatoms. The van der Waals surface area contributed by atoms with Gasteiger partial charge in [0.05, 0.1) is 25.5 Å². The Bertz CT molecular complexity index is 795. The van der Waals surface area contributed by atoms with Crippen molar-refractivity contribution in [3.05, 3.63) is 53.6 Å². The van der Waals surface area contributed by atoms with Crippen molar-refractivity contribution in [3.8, 4) is 11.5 Å². The number of rotatable bonds is 9. The Hall–Kier alpha value is -2.54. The van der Waals surface area contributed by atoms with Crippen LogP contribution in [0.1, 0.15) is 22.3 Å². The third-order valence-corrected chi connectivity index (χ3v) is 4.31. The molecule has 0 saturated heterocycles. The second-order valence-corrected chi connectivity index (χ2v) is 6.52. The maximum Gasteiger partial charge on any atom is 0.253 e. The number of amides is 2. The number of benzene rings is 2. The van der Waals surface area contributed by atoms with Crippen LogP contribution in [-0.4, -0.2) is 37.9 Å². The third kappa shape index (κ3) is 5.99. The number of hydrogen-bond acceptors (Lipinski definition) is 4. The summed E-state index contributed by atoms with van der Waals surface area (Å²) in [5, 5.41) is 6.22. The van der Waals surface area contributed by atoms with E-state index in [1.165, 1.54) is 0 Å². The minimum Gasteiger partial charge on any atom is -0.493 e. The van der Waals surface area contributed by atoms with Gasteiger partial charge >= 0.3 is 0 Å². The van der Waals surface area contributed by atoms with Crippen LogP contribution in [0.15, 0.2) is 42.5 Å². The van der Waals surface area contributed by atoms with Crippen LogP contribution in [-0.2, 0) is 11.2 Å². The van der Waals surface area contributed by atoms with Crippen LogP contribution in [0.3, 0.4) is 0 Å². The van der Waals surface area contributed by atoms with Gasteiger partial charge in [-0.2, -0.15) is 0 Å². The van der Waals surface area contributed by atoms with Gasteiger partial charge in [-0.1, -0.05) is 34.1 Å². The van der Waals surface area contributed by atoms with E-state index in [0.29, 0.717) is 47.5 Å². The molecule has 6 nitrogen and oxygen atoms in total. The Morgan fingerprint density at radius 2 is 1.78 bits per heavy atom. The molecule has 2 amide bonds. The normalized spacial score (nSPS) is 10.2. The van der Waals surface area contributed by atoms with Gasteiger partial charge in [-0.05, 0) is 36.2 Å². The van der Waals surface area contributed by atoms with Crippen LogP contribution in [0.4, 0.5) is 5.69 Å². The van der Waals surface area contributed by atoms with Crippen molar-refractivity contribution in [2.24, 2.45) is 0 Å². The highest BCUT2D eigenvalue weighted by Crippen LogP contribution is 2.27. The number of para-hydroxylation sites is 1. The molecule has 2 aromatic carbocycles. The summed E-state index contributed by atoms with van der Waals surface area (Å²) >= 11 is 3.23. The Labute approximate surface area is 167 Å². The van der Waals surface area contributed by atoms with Crippen molar-refractivity contribution in [2.75, 3.05) is 31.4 Å². The smallest absolute Gasteiger partial charge is 0.253 e. The largest absolute Gasteiger partial charge is 0.493 e. The number of carbonyl (C=O) groups excluding carboxylic acids is 2. The van der Waals surface area contributed by atoms with Gasteiger partial charge in [-0.25, -0.2) is 0 Å². The minimum atomic E-state index is -0.231. The number of anilines is 1. The maximum atomic E-state index is 12.5. The molecule has 0 atom stereocenters. The zero-order valence-corrected chi connectivity index (χ0v) is 17.0. The summed E-state index contributed by atoms with van der Waals surface area (Å²) in [7, 11) is 3.18. The first-order valence-corrected chi connectivity index (χ1v) is 9.65. The van der Waals surface area contributed by atoms with Crippen molar-refractivity contribution >= 4 is 33.4 Å². The molecule has 27 heavy (non-hydrogen) atoms. The van der Waals surface area contributed by atoms with Crippen LogP contribution in [0.2, 0.25) is 0 Å². The maximum absolute atomic E-state index is 12.5. The number of nitrogens with one attached hydrogen (secondary N) is 2. The third-order valence-electron chi connectivity index (χ3n) is 3.91. The molecule has 0 aliphatic rings. The van der Waals surface area contributed by atoms with E-state index in [1.54, 1.807) is 38.5 Å². The second-order valence-electron chi connectivity index (χ2n) is 5.73. The Kier molecular flexibility index (Phi) is 8.13. The standard InChI is InChI=1S/C20H23BrN2O4/c1-26-17-8-7-14(13-18(17)27-2)10-12-22-20(25)15-5-3-4-6-16(15)23-19(24)9-11-21/h3-8,13H,9-12H2,1-2H3,(H,22,25)(H,23,24). The van der Waals surface area contributed by atoms with E-state index in [1.807, 2.05) is 18.2 Å². The molecular formula is C20H23BrN2O4. The summed E-state index contributed by atoms with van der Waals surface area (Å²) in [5.74, 6) is 0.947. The highest BCUT2D eigenvalue weighted by Gasteiger charge is 2.13. The lowest BCUT2D eigenvalue weighted by Crippen LogP contribution is -2.27. The number of halogens is 1.